The largest absolute Gasteiger partial charge is 0.397 e. The lowest BCUT2D eigenvalue weighted by atomic mass is 9.45. The molecule has 1 N–H and O–H groups in total. The van der Waals surface area contributed by atoms with E-state index in [0.717, 1.165) is 36.5 Å². The number of carbonyl (C=O) groups is 1. The summed E-state index contributed by atoms with van der Waals surface area (Å²) in [6.07, 6.45) is 13.0. The fourth-order valence-corrected chi connectivity index (χ4v) is 7.82. The van der Waals surface area contributed by atoms with Gasteiger partial charge in [-0.05, 0) is 92.3 Å². The molecule has 0 aliphatic heterocycles. The first-order valence-electron chi connectivity index (χ1n) is 11.0. The zero-order valence-corrected chi connectivity index (χ0v) is 17.0. The number of hydrogen-bond donors (Lipinski definition) is 1. The van der Waals surface area contributed by atoms with Gasteiger partial charge in [-0.15, -0.1) is 0 Å². The fourth-order valence-electron chi connectivity index (χ4n) is 7.82. The minimum atomic E-state index is 0.250. The average Bonchev–Trinajstić information content (AvgIpc) is 2.92. The minimum Gasteiger partial charge on any atom is -0.397 e. The third-order valence-electron chi connectivity index (χ3n) is 9.17. The molecule has 0 spiro atoms. The van der Waals surface area contributed by atoms with Crippen molar-refractivity contribution in [2.75, 3.05) is 6.61 Å². The molecule has 2 heteroatoms. The highest BCUT2D eigenvalue weighted by atomic mass is 16.2. The average molecular weight is 349 g/mol. The van der Waals surface area contributed by atoms with Crippen molar-refractivity contribution in [3.05, 3.63) is 0 Å². The Morgan fingerprint density at radius 2 is 1.64 bits per heavy atom. The van der Waals surface area contributed by atoms with Gasteiger partial charge < -0.3 is 5.11 Å². The van der Waals surface area contributed by atoms with Crippen LogP contribution in [0.4, 0.5) is 0 Å². The van der Waals surface area contributed by atoms with E-state index in [9.17, 15) is 4.79 Å². The number of ketones is 1. The van der Waals surface area contributed by atoms with Crippen LogP contribution in [0, 0.1) is 40.4 Å². The van der Waals surface area contributed by atoms with Crippen LogP contribution in [-0.4, -0.2) is 17.5 Å². The number of rotatable bonds is 1. The second-order valence-electron chi connectivity index (χ2n) is 9.94. The van der Waals surface area contributed by atoms with Crippen molar-refractivity contribution in [1.82, 2.24) is 0 Å². The van der Waals surface area contributed by atoms with Crippen LogP contribution in [-0.2, 0) is 4.79 Å². The Hall–Kier alpha value is -0.370. The fraction of sp³-hybridized carbons (Fsp3) is 0.957. The summed E-state index contributed by atoms with van der Waals surface area (Å²) in [6.45, 7) is 9.54. The van der Waals surface area contributed by atoms with Crippen LogP contribution in [0.1, 0.15) is 91.9 Å². The molecule has 144 valence electrons. The third-order valence-corrected chi connectivity index (χ3v) is 9.17. The number of hydrogen-bond acceptors (Lipinski definition) is 2. The molecule has 0 bridgehead atoms. The number of aliphatic hydroxyl groups excluding tert-OH is 1. The van der Waals surface area contributed by atoms with Gasteiger partial charge in [0.2, 0.25) is 0 Å². The summed E-state index contributed by atoms with van der Waals surface area (Å²) < 4.78 is 0. The molecule has 0 radical (unpaired) electrons. The predicted octanol–water partition coefficient (Wildman–Crippen LogP) is 5.62. The first kappa shape index (κ1) is 19.4. The van der Waals surface area contributed by atoms with Gasteiger partial charge in [-0.1, -0.05) is 27.2 Å². The van der Waals surface area contributed by atoms with E-state index in [0.29, 0.717) is 22.5 Å². The van der Waals surface area contributed by atoms with Crippen LogP contribution in [0.3, 0.4) is 0 Å². The molecule has 0 aromatic rings. The number of fused-ring (bicyclic) bond motifs is 5. The molecule has 4 rings (SSSR count). The molecule has 7 atom stereocenters. The highest BCUT2D eigenvalue weighted by molar-refractivity contribution is 5.79. The molecular weight excluding hydrogens is 308 g/mol. The van der Waals surface area contributed by atoms with E-state index in [4.69, 9.17) is 5.11 Å². The topological polar surface area (TPSA) is 37.3 Å². The molecule has 4 fully saturated rings. The SMILES string of the molecule is CCC1CCC2C3CCC4CC(=O)CCC4(C)C3CCC12C.CCO. The van der Waals surface area contributed by atoms with E-state index in [2.05, 4.69) is 20.8 Å². The van der Waals surface area contributed by atoms with Gasteiger partial charge in [0.15, 0.2) is 0 Å². The van der Waals surface area contributed by atoms with Crippen molar-refractivity contribution in [2.24, 2.45) is 40.4 Å². The van der Waals surface area contributed by atoms with Crippen LogP contribution in [0.15, 0.2) is 0 Å². The van der Waals surface area contributed by atoms with Gasteiger partial charge in [-0.25, -0.2) is 0 Å². The standard InChI is InChI=1S/C21H34O.C2H6O/c1-4-14-6-8-18-17-7-5-15-13-16(22)9-11-21(15,3)19(17)10-12-20(14,18)2;1-2-3/h14-15,17-19H,4-13H2,1-3H3;3H,2H2,1H3. The zero-order valence-electron chi connectivity index (χ0n) is 17.0. The van der Waals surface area contributed by atoms with Crippen LogP contribution < -0.4 is 0 Å². The first-order chi connectivity index (χ1) is 11.9. The molecule has 4 aliphatic rings. The van der Waals surface area contributed by atoms with Crippen LogP contribution in [0.2, 0.25) is 0 Å². The predicted molar refractivity (Wildman–Crippen MR) is 103 cm³/mol. The maximum Gasteiger partial charge on any atom is 0.133 e. The van der Waals surface area contributed by atoms with E-state index in [1.54, 1.807) is 6.92 Å². The van der Waals surface area contributed by atoms with Crippen molar-refractivity contribution < 1.29 is 9.90 Å². The van der Waals surface area contributed by atoms with Crippen LogP contribution >= 0.6 is 0 Å². The van der Waals surface area contributed by atoms with Gasteiger partial charge >= 0.3 is 0 Å². The lowest BCUT2D eigenvalue weighted by Crippen LogP contribution is -2.53. The van der Waals surface area contributed by atoms with E-state index < -0.39 is 0 Å². The smallest absolute Gasteiger partial charge is 0.133 e. The minimum absolute atomic E-state index is 0.250. The molecule has 7 unspecified atom stereocenters. The van der Waals surface area contributed by atoms with E-state index >= 15 is 0 Å². The molecular formula is C23H40O2. The summed E-state index contributed by atoms with van der Waals surface area (Å²) in [6, 6.07) is 0. The molecule has 0 amide bonds. The first-order valence-corrected chi connectivity index (χ1v) is 11.0. The van der Waals surface area contributed by atoms with Gasteiger partial charge in [0.05, 0.1) is 0 Å². The summed E-state index contributed by atoms with van der Waals surface area (Å²) >= 11 is 0. The highest BCUT2D eigenvalue weighted by Crippen LogP contribution is 2.67. The second kappa shape index (κ2) is 7.33. The highest BCUT2D eigenvalue weighted by Gasteiger charge is 2.59. The number of aliphatic hydroxyl groups is 1. The number of carbonyl (C=O) groups excluding carboxylic acids is 1. The van der Waals surface area contributed by atoms with Crippen molar-refractivity contribution >= 4 is 5.78 Å². The molecule has 0 heterocycles. The summed E-state index contributed by atoms with van der Waals surface area (Å²) in [5.74, 6) is 5.14. The van der Waals surface area contributed by atoms with Gasteiger partial charge in [0, 0.05) is 19.4 Å². The third kappa shape index (κ3) is 3.11. The van der Waals surface area contributed by atoms with Gasteiger partial charge in [0.25, 0.3) is 0 Å². The summed E-state index contributed by atoms with van der Waals surface area (Å²) in [4.78, 5) is 11.9. The molecule has 0 aromatic heterocycles. The van der Waals surface area contributed by atoms with Gasteiger partial charge in [-0.3, -0.25) is 4.79 Å². The van der Waals surface area contributed by atoms with E-state index in [1.165, 1.54) is 51.4 Å². The Balaban J connectivity index is 0.000000569. The second-order valence-corrected chi connectivity index (χ2v) is 9.94. The van der Waals surface area contributed by atoms with Crippen LogP contribution in [0.25, 0.3) is 0 Å². The Labute approximate surface area is 155 Å². The van der Waals surface area contributed by atoms with Gasteiger partial charge in [0.1, 0.15) is 5.78 Å². The molecule has 0 saturated heterocycles. The van der Waals surface area contributed by atoms with Crippen molar-refractivity contribution in [2.45, 2.75) is 91.9 Å². The molecule has 4 saturated carbocycles. The van der Waals surface area contributed by atoms with Crippen molar-refractivity contribution in [3.63, 3.8) is 0 Å². The normalized spacial score (nSPS) is 48.7. The molecule has 4 aliphatic carbocycles. The van der Waals surface area contributed by atoms with Gasteiger partial charge in [-0.2, -0.15) is 0 Å². The summed E-state index contributed by atoms with van der Waals surface area (Å²) in [7, 11) is 0. The summed E-state index contributed by atoms with van der Waals surface area (Å²) in [5.41, 5.74) is 1.13. The lowest BCUT2D eigenvalue weighted by molar-refractivity contribution is -0.139. The quantitative estimate of drug-likeness (QED) is 0.667. The maximum absolute atomic E-state index is 11.9. The zero-order chi connectivity index (χ0) is 18.2. The monoisotopic (exact) mass is 348 g/mol. The van der Waals surface area contributed by atoms with E-state index in [1.807, 2.05) is 0 Å². The van der Waals surface area contributed by atoms with Crippen LogP contribution in [0.5, 0.6) is 0 Å². The van der Waals surface area contributed by atoms with E-state index in [-0.39, 0.29) is 6.61 Å². The molecule has 0 aromatic carbocycles. The van der Waals surface area contributed by atoms with Crippen molar-refractivity contribution in [1.29, 1.82) is 0 Å². The van der Waals surface area contributed by atoms with Crippen molar-refractivity contribution in [3.8, 4) is 0 Å². The maximum atomic E-state index is 11.9. The molecule has 2 nitrogen and oxygen atoms in total. The Bertz CT molecular complexity index is 486. The Morgan fingerprint density at radius 3 is 2.32 bits per heavy atom. The molecule has 25 heavy (non-hydrogen) atoms. The summed E-state index contributed by atoms with van der Waals surface area (Å²) in [5, 5.41) is 7.57. The lowest BCUT2D eigenvalue weighted by Gasteiger charge is -2.60. The Kier molecular flexibility index (Phi) is 5.69. The Morgan fingerprint density at radius 1 is 0.960 bits per heavy atom. The number of Topliss-reactive ketones (excluding diaryl/α,β-unsaturated/α-hetero) is 1.